The van der Waals surface area contributed by atoms with Gasteiger partial charge in [-0.25, -0.2) is 4.98 Å². The first-order chi connectivity index (χ1) is 12.7. The molecule has 0 saturated heterocycles. The molecule has 0 spiro atoms. The zero-order chi connectivity index (χ0) is 18.1. The fourth-order valence-electron chi connectivity index (χ4n) is 3.22. The van der Waals surface area contributed by atoms with Crippen LogP contribution in [0.2, 0.25) is 0 Å². The van der Waals surface area contributed by atoms with E-state index in [-0.39, 0.29) is 18.4 Å². The lowest BCUT2D eigenvalue weighted by molar-refractivity contribution is 0.0707. The average Bonchev–Trinajstić information content (AvgIpc) is 3.10. The van der Waals surface area contributed by atoms with Gasteiger partial charge in [-0.15, -0.1) is 0 Å². The van der Waals surface area contributed by atoms with Crippen molar-refractivity contribution in [1.82, 2.24) is 24.8 Å². The number of rotatable bonds is 4. The van der Waals surface area contributed by atoms with Gasteiger partial charge in [0.05, 0.1) is 12.2 Å². The quantitative estimate of drug-likeness (QED) is 0.779. The summed E-state index contributed by atoms with van der Waals surface area (Å²) >= 11 is 0. The summed E-state index contributed by atoms with van der Waals surface area (Å²) in [7, 11) is 0. The van der Waals surface area contributed by atoms with E-state index in [9.17, 15) is 9.59 Å². The first-order valence-corrected chi connectivity index (χ1v) is 8.64. The minimum atomic E-state index is -0.255. The Balaban J connectivity index is 1.51. The summed E-state index contributed by atoms with van der Waals surface area (Å²) in [6.45, 7) is 4.29. The lowest BCUT2D eigenvalue weighted by atomic mass is 10.1. The van der Waals surface area contributed by atoms with Gasteiger partial charge in [0.2, 0.25) is 0 Å². The Hall–Kier alpha value is -3.22. The maximum absolute atomic E-state index is 12.6. The van der Waals surface area contributed by atoms with Crippen molar-refractivity contribution in [3.8, 4) is 0 Å². The summed E-state index contributed by atoms with van der Waals surface area (Å²) < 4.78 is 1.85. The SMILES string of the molecule is CCN1CCn2cc(CNC(=O)c3nccc4ccccc34)nc2C1=O. The zero-order valence-electron chi connectivity index (χ0n) is 14.5. The number of imidazole rings is 1. The summed E-state index contributed by atoms with van der Waals surface area (Å²) in [5.41, 5.74) is 1.06. The first kappa shape index (κ1) is 16.3. The van der Waals surface area contributed by atoms with Crippen LogP contribution < -0.4 is 5.32 Å². The predicted octanol–water partition coefficient (Wildman–Crippen LogP) is 1.84. The second-order valence-corrected chi connectivity index (χ2v) is 6.20. The van der Waals surface area contributed by atoms with Crippen molar-refractivity contribution in [3.05, 3.63) is 59.9 Å². The van der Waals surface area contributed by atoms with Crippen molar-refractivity contribution in [2.24, 2.45) is 0 Å². The fourth-order valence-corrected chi connectivity index (χ4v) is 3.22. The molecule has 3 heterocycles. The molecule has 1 aliphatic rings. The predicted molar refractivity (Wildman–Crippen MR) is 96.7 cm³/mol. The number of carbonyl (C=O) groups excluding carboxylic acids is 2. The molecule has 2 aromatic heterocycles. The van der Waals surface area contributed by atoms with Crippen LogP contribution in [0.15, 0.2) is 42.7 Å². The molecule has 0 radical (unpaired) electrons. The lowest BCUT2D eigenvalue weighted by Crippen LogP contribution is -2.40. The van der Waals surface area contributed by atoms with Crippen molar-refractivity contribution >= 4 is 22.6 Å². The van der Waals surface area contributed by atoms with Crippen LogP contribution in [0.5, 0.6) is 0 Å². The zero-order valence-corrected chi connectivity index (χ0v) is 14.5. The third-order valence-electron chi connectivity index (χ3n) is 4.62. The number of pyridine rings is 1. The van der Waals surface area contributed by atoms with Crippen molar-refractivity contribution in [1.29, 1.82) is 0 Å². The first-order valence-electron chi connectivity index (χ1n) is 8.64. The van der Waals surface area contributed by atoms with Crippen LogP contribution in [0, 0.1) is 0 Å². The van der Waals surface area contributed by atoms with Crippen LogP contribution in [0.3, 0.4) is 0 Å². The van der Waals surface area contributed by atoms with Crippen molar-refractivity contribution in [3.63, 3.8) is 0 Å². The molecule has 0 bridgehead atoms. The maximum atomic E-state index is 12.6. The molecule has 1 N–H and O–H groups in total. The summed E-state index contributed by atoms with van der Waals surface area (Å²) in [4.78, 5) is 35.2. The van der Waals surface area contributed by atoms with E-state index >= 15 is 0 Å². The number of likely N-dealkylation sites (N-methyl/N-ethyl adjacent to an activating group) is 1. The Morgan fingerprint density at radius 2 is 2.08 bits per heavy atom. The van der Waals surface area contributed by atoms with Crippen molar-refractivity contribution < 1.29 is 9.59 Å². The highest BCUT2D eigenvalue weighted by Crippen LogP contribution is 2.17. The lowest BCUT2D eigenvalue weighted by Gasteiger charge is -2.25. The molecular weight excluding hydrogens is 330 g/mol. The largest absolute Gasteiger partial charge is 0.345 e. The Labute approximate surface area is 150 Å². The highest BCUT2D eigenvalue weighted by Gasteiger charge is 2.25. The molecule has 2 amide bonds. The number of hydrogen-bond donors (Lipinski definition) is 1. The highest BCUT2D eigenvalue weighted by molar-refractivity contribution is 6.05. The number of carbonyl (C=O) groups is 2. The van der Waals surface area contributed by atoms with Crippen LogP contribution in [0.1, 0.15) is 33.7 Å². The smallest absolute Gasteiger partial charge is 0.289 e. The molecule has 26 heavy (non-hydrogen) atoms. The monoisotopic (exact) mass is 349 g/mol. The Bertz CT molecular complexity index is 989. The van der Waals surface area contributed by atoms with Gasteiger partial charge in [0.15, 0.2) is 5.82 Å². The third kappa shape index (κ3) is 2.81. The van der Waals surface area contributed by atoms with E-state index in [0.717, 1.165) is 17.3 Å². The third-order valence-corrected chi connectivity index (χ3v) is 4.62. The fraction of sp³-hybridized carbons (Fsp3) is 0.263. The van der Waals surface area contributed by atoms with Gasteiger partial charge in [-0.3, -0.25) is 14.6 Å². The average molecular weight is 349 g/mol. The van der Waals surface area contributed by atoms with Gasteiger partial charge < -0.3 is 14.8 Å². The van der Waals surface area contributed by atoms with Crippen LogP contribution in [0.25, 0.3) is 10.8 Å². The summed E-state index contributed by atoms with van der Waals surface area (Å²) in [6.07, 6.45) is 3.46. The van der Waals surface area contributed by atoms with Gasteiger partial charge in [0, 0.05) is 37.4 Å². The van der Waals surface area contributed by atoms with Crippen molar-refractivity contribution in [2.75, 3.05) is 13.1 Å². The molecule has 0 unspecified atom stereocenters. The molecule has 0 atom stereocenters. The van der Waals surface area contributed by atoms with E-state index in [1.165, 1.54) is 0 Å². The molecule has 7 heteroatoms. The number of nitrogens with one attached hydrogen (secondary N) is 1. The molecule has 4 rings (SSSR count). The normalized spacial score (nSPS) is 13.7. The van der Waals surface area contributed by atoms with E-state index in [4.69, 9.17) is 0 Å². The van der Waals surface area contributed by atoms with Gasteiger partial charge in [0.1, 0.15) is 5.69 Å². The molecule has 0 aliphatic carbocycles. The Morgan fingerprint density at radius 3 is 2.92 bits per heavy atom. The van der Waals surface area contributed by atoms with Gasteiger partial charge in [-0.05, 0) is 18.4 Å². The standard InChI is InChI=1S/C19H19N5O2/c1-2-23-9-10-24-12-14(22-17(24)19(23)26)11-21-18(25)16-15-6-4-3-5-13(15)7-8-20-16/h3-8,12H,2,9-11H2,1H3,(H,21,25). The Kier molecular flexibility index (Phi) is 4.12. The number of benzene rings is 1. The number of nitrogens with zero attached hydrogens (tertiary/aromatic N) is 4. The summed E-state index contributed by atoms with van der Waals surface area (Å²) in [5, 5.41) is 4.63. The van der Waals surface area contributed by atoms with Crippen LogP contribution >= 0.6 is 0 Å². The topological polar surface area (TPSA) is 80.1 Å². The molecule has 1 aliphatic heterocycles. The number of aromatic nitrogens is 3. The minimum absolute atomic E-state index is 0.0629. The maximum Gasteiger partial charge on any atom is 0.289 e. The summed E-state index contributed by atoms with van der Waals surface area (Å²) in [5.74, 6) is 0.118. The van der Waals surface area contributed by atoms with Gasteiger partial charge in [-0.1, -0.05) is 24.3 Å². The van der Waals surface area contributed by atoms with Gasteiger partial charge >= 0.3 is 0 Å². The molecular formula is C19H19N5O2. The molecule has 0 fully saturated rings. The second kappa shape index (κ2) is 6.59. The number of fused-ring (bicyclic) bond motifs is 2. The van der Waals surface area contributed by atoms with E-state index < -0.39 is 0 Å². The van der Waals surface area contributed by atoms with Gasteiger partial charge in [-0.2, -0.15) is 0 Å². The highest BCUT2D eigenvalue weighted by atomic mass is 16.2. The minimum Gasteiger partial charge on any atom is -0.345 e. The van der Waals surface area contributed by atoms with Crippen molar-refractivity contribution in [2.45, 2.75) is 20.0 Å². The summed E-state index contributed by atoms with van der Waals surface area (Å²) in [6, 6.07) is 9.51. The van der Waals surface area contributed by atoms with Crippen LogP contribution in [-0.2, 0) is 13.1 Å². The molecule has 132 valence electrons. The second-order valence-electron chi connectivity index (χ2n) is 6.20. The molecule has 1 aromatic carbocycles. The number of hydrogen-bond acceptors (Lipinski definition) is 4. The van der Waals surface area contributed by atoms with E-state index in [1.54, 1.807) is 11.1 Å². The molecule has 7 nitrogen and oxygen atoms in total. The van der Waals surface area contributed by atoms with Gasteiger partial charge in [0.25, 0.3) is 11.8 Å². The van der Waals surface area contributed by atoms with E-state index in [0.29, 0.717) is 30.3 Å². The van der Waals surface area contributed by atoms with Crippen LogP contribution in [-0.4, -0.2) is 44.3 Å². The van der Waals surface area contributed by atoms with E-state index in [2.05, 4.69) is 15.3 Å². The Morgan fingerprint density at radius 1 is 1.23 bits per heavy atom. The molecule has 3 aromatic rings. The van der Waals surface area contributed by atoms with Crippen LogP contribution in [0.4, 0.5) is 0 Å². The molecule has 0 saturated carbocycles. The van der Waals surface area contributed by atoms with E-state index in [1.807, 2.05) is 48.0 Å². The number of amides is 2.